The Hall–Kier alpha value is -1.59. The number of rotatable bonds is 6. The van der Waals surface area contributed by atoms with Gasteiger partial charge in [0.05, 0.1) is 0 Å². The fourth-order valence-electron chi connectivity index (χ4n) is 2.31. The van der Waals surface area contributed by atoms with Crippen LogP contribution < -0.4 is 16.0 Å². The maximum atomic E-state index is 12.3. The molecule has 1 heterocycles. The Kier molecular flexibility index (Phi) is 7.52. The average molecular weight is 340 g/mol. The van der Waals surface area contributed by atoms with Gasteiger partial charge in [0.25, 0.3) is 5.91 Å². The maximum Gasteiger partial charge on any atom is 0.251 e. The molecule has 0 spiro atoms. The SMILES string of the molecule is Cc1ccc(C(=O)NC(C(=O)NCC2CNC2)C(C)C)cc1.Cl. The van der Waals surface area contributed by atoms with Gasteiger partial charge in [-0.15, -0.1) is 12.4 Å². The Morgan fingerprint density at radius 2 is 1.83 bits per heavy atom. The van der Waals surface area contributed by atoms with Gasteiger partial charge in [0.1, 0.15) is 6.04 Å². The first-order valence-corrected chi connectivity index (χ1v) is 7.83. The minimum atomic E-state index is -0.512. The second-order valence-corrected chi connectivity index (χ2v) is 6.33. The summed E-state index contributed by atoms with van der Waals surface area (Å²) >= 11 is 0. The summed E-state index contributed by atoms with van der Waals surface area (Å²) in [6.07, 6.45) is 0. The molecule has 0 aromatic heterocycles. The van der Waals surface area contributed by atoms with E-state index in [9.17, 15) is 9.59 Å². The van der Waals surface area contributed by atoms with Gasteiger partial charge < -0.3 is 16.0 Å². The number of benzene rings is 1. The highest BCUT2D eigenvalue weighted by molar-refractivity contribution is 5.97. The Morgan fingerprint density at radius 1 is 1.22 bits per heavy atom. The first kappa shape index (κ1) is 19.5. The molecule has 2 amide bonds. The van der Waals surface area contributed by atoms with E-state index in [0.29, 0.717) is 18.0 Å². The summed E-state index contributed by atoms with van der Waals surface area (Å²) in [5.74, 6) is 0.222. The second-order valence-electron chi connectivity index (χ2n) is 6.33. The van der Waals surface area contributed by atoms with Crippen molar-refractivity contribution in [3.8, 4) is 0 Å². The van der Waals surface area contributed by atoms with Crippen LogP contribution in [-0.2, 0) is 4.79 Å². The molecule has 1 aliphatic rings. The standard InChI is InChI=1S/C17H25N3O2.ClH/c1-11(2)15(17(22)19-10-13-8-18-9-13)20-16(21)14-6-4-12(3)5-7-14;/h4-7,11,13,15,18H,8-10H2,1-3H3,(H,19,22)(H,20,21);1H. The normalized spacial score (nSPS) is 15.3. The van der Waals surface area contributed by atoms with Crippen LogP contribution >= 0.6 is 12.4 Å². The van der Waals surface area contributed by atoms with Crippen LogP contribution in [0.5, 0.6) is 0 Å². The van der Waals surface area contributed by atoms with E-state index in [4.69, 9.17) is 0 Å². The van der Waals surface area contributed by atoms with Crippen molar-refractivity contribution in [2.75, 3.05) is 19.6 Å². The number of aryl methyl sites for hydroxylation is 1. The Labute approximate surface area is 144 Å². The number of carbonyl (C=O) groups excluding carboxylic acids is 2. The molecule has 0 aliphatic carbocycles. The Balaban J connectivity index is 0.00000264. The van der Waals surface area contributed by atoms with Crippen LogP contribution in [0.1, 0.15) is 29.8 Å². The van der Waals surface area contributed by atoms with Crippen LogP contribution in [0.2, 0.25) is 0 Å². The van der Waals surface area contributed by atoms with E-state index >= 15 is 0 Å². The van der Waals surface area contributed by atoms with Crippen LogP contribution in [-0.4, -0.2) is 37.5 Å². The molecule has 1 unspecified atom stereocenters. The number of hydrogen-bond donors (Lipinski definition) is 3. The summed E-state index contributed by atoms with van der Waals surface area (Å²) in [4.78, 5) is 24.6. The van der Waals surface area contributed by atoms with Gasteiger partial charge in [-0.1, -0.05) is 31.5 Å². The van der Waals surface area contributed by atoms with Gasteiger partial charge in [0.15, 0.2) is 0 Å². The largest absolute Gasteiger partial charge is 0.354 e. The number of halogens is 1. The van der Waals surface area contributed by atoms with Gasteiger partial charge in [-0.2, -0.15) is 0 Å². The monoisotopic (exact) mass is 339 g/mol. The van der Waals surface area contributed by atoms with Crippen molar-refractivity contribution < 1.29 is 9.59 Å². The molecule has 1 saturated heterocycles. The molecule has 5 nitrogen and oxygen atoms in total. The van der Waals surface area contributed by atoms with Crippen molar-refractivity contribution in [3.05, 3.63) is 35.4 Å². The smallest absolute Gasteiger partial charge is 0.251 e. The van der Waals surface area contributed by atoms with Crippen LogP contribution in [0.15, 0.2) is 24.3 Å². The maximum absolute atomic E-state index is 12.3. The molecule has 23 heavy (non-hydrogen) atoms. The Morgan fingerprint density at radius 3 is 2.30 bits per heavy atom. The third-order valence-electron chi connectivity index (χ3n) is 3.98. The van der Waals surface area contributed by atoms with Crippen molar-refractivity contribution in [2.24, 2.45) is 11.8 Å². The van der Waals surface area contributed by atoms with Crippen molar-refractivity contribution in [3.63, 3.8) is 0 Å². The van der Waals surface area contributed by atoms with Crippen LogP contribution in [0.3, 0.4) is 0 Å². The number of hydrogen-bond acceptors (Lipinski definition) is 3. The second kappa shape index (κ2) is 8.89. The quantitative estimate of drug-likeness (QED) is 0.735. The summed E-state index contributed by atoms with van der Waals surface area (Å²) in [5.41, 5.74) is 1.68. The fourth-order valence-corrected chi connectivity index (χ4v) is 2.31. The van der Waals surface area contributed by atoms with Gasteiger partial charge in [0.2, 0.25) is 5.91 Å². The average Bonchev–Trinajstić information content (AvgIpc) is 2.43. The lowest BCUT2D eigenvalue weighted by molar-refractivity contribution is -0.124. The van der Waals surface area contributed by atoms with Gasteiger partial charge in [-0.05, 0) is 25.0 Å². The zero-order chi connectivity index (χ0) is 16.1. The van der Waals surface area contributed by atoms with Gasteiger partial charge in [0, 0.05) is 31.1 Å². The zero-order valence-corrected chi connectivity index (χ0v) is 14.7. The summed E-state index contributed by atoms with van der Waals surface area (Å²) in [6.45, 7) is 8.40. The van der Waals surface area contributed by atoms with Gasteiger partial charge in [-0.3, -0.25) is 9.59 Å². The molecule has 6 heteroatoms. The number of amides is 2. The lowest BCUT2D eigenvalue weighted by atomic mass is 10.0. The topological polar surface area (TPSA) is 70.2 Å². The van der Waals surface area contributed by atoms with E-state index in [2.05, 4.69) is 16.0 Å². The third kappa shape index (κ3) is 5.52. The zero-order valence-electron chi connectivity index (χ0n) is 13.9. The molecule has 1 aromatic carbocycles. The lowest BCUT2D eigenvalue weighted by Crippen LogP contribution is -2.53. The highest BCUT2D eigenvalue weighted by atomic mass is 35.5. The number of carbonyl (C=O) groups is 2. The molecule has 3 N–H and O–H groups in total. The predicted octanol–water partition coefficient (Wildman–Crippen LogP) is 1.51. The fraction of sp³-hybridized carbons (Fsp3) is 0.529. The molecule has 2 rings (SSSR count). The minimum Gasteiger partial charge on any atom is -0.354 e. The van der Waals surface area contributed by atoms with E-state index in [0.717, 1.165) is 18.7 Å². The van der Waals surface area contributed by atoms with Crippen molar-refractivity contribution in [1.82, 2.24) is 16.0 Å². The van der Waals surface area contributed by atoms with Gasteiger partial charge >= 0.3 is 0 Å². The summed E-state index contributed by atoms with van der Waals surface area (Å²) in [5, 5.41) is 8.96. The minimum absolute atomic E-state index is 0. The third-order valence-corrected chi connectivity index (χ3v) is 3.98. The summed E-state index contributed by atoms with van der Waals surface area (Å²) < 4.78 is 0. The summed E-state index contributed by atoms with van der Waals surface area (Å²) in [7, 11) is 0. The van der Waals surface area contributed by atoms with Crippen LogP contribution in [0.4, 0.5) is 0 Å². The lowest BCUT2D eigenvalue weighted by Gasteiger charge is -2.29. The molecular formula is C17H26ClN3O2. The Bertz CT molecular complexity index is 527. The molecule has 1 fully saturated rings. The van der Waals surface area contributed by atoms with E-state index in [-0.39, 0.29) is 30.1 Å². The first-order chi connectivity index (χ1) is 10.5. The van der Waals surface area contributed by atoms with Crippen molar-refractivity contribution >= 4 is 24.2 Å². The predicted molar refractivity (Wildman–Crippen MR) is 93.9 cm³/mol. The van der Waals surface area contributed by atoms with E-state index in [1.807, 2.05) is 32.9 Å². The molecule has 1 aliphatic heterocycles. The first-order valence-electron chi connectivity index (χ1n) is 7.83. The van der Waals surface area contributed by atoms with E-state index < -0.39 is 6.04 Å². The van der Waals surface area contributed by atoms with Crippen LogP contribution in [0, 0.1) is 18.8 Å². The van der Waals surface area contributed by atoms with E-state index in [1.54, 1.807) is 12.1 Å². The number of nitrogens with one attached hydrogen (secondary N) is 3. The molecule has 1 aromatic rings. The molecule has 1 atom stereocenters. The van der Waals surface area contributed by atoms with Gasteiger partial charge in [-0.25, -0.2) is 0 Å². The van der Waals surface area contributed by atoms with Crippen LogP contribution in [0.25, 0.3) is 0 Å². The molecular weight excluding hydrogens is 314 g/mol. The van der Waals surface area contributed by atoms with Crippen molar-refractivity contribution in [1.29, 1.82) is 0 Å². The van der Waals surface area contributed by atoms with E-state index in [1.165, 1.54) is 0 Å². The van der Waals surface area contributed by atoms with Crippen molar-refractivity contribution in [2.45, 2.75) is 26.8 Å². The highest BCUT2D eigenvalue weighted by Gasteiger charge is 2.26. The molecule has 0 saturated carbocycles. The summed E-state index contributed by atoms with van der Waals surface area (Å²) in [6, 6.07) is 6.83. The molecule has 128 valence electrons. The molecule has 0 radical (unpaired) electrons. The highest BCUT2D eigenvalue weighted by Crippen LogP contribution is 2.07. The molecule has 0 bridgehead atoms.